The maximum atomic E-state index is 13.1. The molecule has 2 aromatic carbocycles. The predicted octanol–water partition coefficient (Wildman–Crippen LogP) is 3.25. The number of piperidine rings is 1. The van der Waals surface area contributed by atoms with Crippen LogP contribution in [0.5, 0.6) is 0 Å². The topological polar surface area (TPSA) is 117 Å². The number of amides is 3. The highest BCUT2D eigenvalue weighted by molar-refractivity contribution is 5.93. The van der Waals surface area contributed by atoms with E-state index in [0.717, 1.165) is 23.4 Å². The molecule has 1 saturated heterocycles. The molecule has 0 unspecified atom stereocenters. The number of carbonyl (C=O) groups excluding carboxylic acids is 2. The first-order valence-corrected chi connectivity index (χ1v) is 9.32. The van der Waals surface area contributed by atoms with E-state index in [1.54, 1.807) is 12.1 Å². The summed E-state index contributed by atoms with van der Waals surface area (Å²) in [5, 5.41) is 13.0. The van der Waals surface area contributed by atoms with Crippen molar-refractivity contribution >= 4 is 29.0 Å². The maximum Gasteiger partial charge on any atom is 0.337 e. The van der Waals surface area contributed by atoms with Crippen LogP contribution in [-0.4, -0.2) is 30.0 Å². The van der Waals surface area contributed by atoms with E-state index < -0.39 is 28.5 Å². The smallest absolute Gasteiger partial charge is 0.337 e. The number of nitro groups is 1. The van der Waals surface area contributed by atoms with E-state index >= 15 is 0 Å². The number of carbonyl (C=O) groups is 2. The van der Waals surface area contributed by atoms with E-state index in [1.165, 1.54) is 24.3 Å². The molecule has 0 bridgehead atoms. The van der Waals surface area contributed by atoms with Crippen LogP contribution < -0.4 is 21.1 Å². The van der Waals surface area contributed by atoms with Crippen molar-refractivity contribution in [2.45, 2.75) is 12.8 Å². The van der Waals surface area contributed by atoms with Gasteiger partial charge in [-0.2, -0.15) is 0 Å². The quantitative estimate of drug-likeness (QED) is 0.390. The Bertz CT molecular complexity index is 1020. The van der Waals surface area contributed by atoms with Crippen LogP contribution in [0.1, 0.15) is 12.8 Å². The molecule has 3 rings (SSSR count). The highest BCUT2D eigenvalue weighted by atomic mass is 19.2. The molecule has 0 aromatic heterocycles. The fourth-order valence-corrected chi connectivity index (χ4v) is 3.06. The standard InChI is InChI=1S/C20H19F2N5O4/c21-17-6-1-14(12-18(17)22)23-20(29)25-24-19(28)11-13-7-9-26(10-8-13)15-2-4-16(5-3-15)27(30)31/h1-6,11-12H,7-10H2,(H,24,28)(H2,23,25,29). The molecule has 1 aliphatic heterocycles. The summed E-state index contributed by atoms with van der Waals surface area (Å²) in [7, 11) is 0. The van der Waals surface area contributed by atoms with E-state index in [2.05, 4.69) is 21.1 Å². The lowest BCUT2D eigenvalue weighted by atomic mass is 10.0. The van der Waals surface area contributed by atoms with Crippen molar-refractivity contribution in [3.63, 3.8) is 0 Å². The number of nitro benzene ring substituents is 1. The molecule has 1 aliphatic rings. The SMILES string of the molecule is O=C(C=C1CCN(c2ccc([N+](=O)[O-])cc2)CC1)NNC(=O)Nc1ccc(F)c(F)c1. The zero-order chi connectivity index (χ0) is 22.4. The summed E-state index contributed by atoms with van der Waals surface area (Å²) in [6.07, 6.45) is 2.63. The minimum atomic E-state index is -1.10. The lowest BCUT2D eigenvalue weighted by Gasteiger charge is -2.30. The summed E-state index contributed by atoms with van der Waals surface area (Å²) in [5.41, 5.74) is 6.15. The van der Waals surface area contributed by atoms with E-state index in [4.69, 9.17) is 0 Å². The molecule has 31 heavy (non-hydrogen) atoms. The fraction of sp³-hybridized carbons (Fsp3) is 0.200. The normalized spacial score (nSPS) is 13.4. The first-order chi connectivity index (χ1) is 14.8. The first kappa shape index (κ1) is 21.7. The van der Waals surface area contributed by atoms with Gasteiger partial charge < -0.3 is 10.2 Å². The zero-order valence-electron chi connectivity index (χ0n) is 16.2. The molecule has 0 aliphatic carbocycles. The van der Waals surface area contributed by atoms with Gasteiger partial charge in [0.25, 0.3) is 11.6 Å². The molecule has 3 amide bonds. The fourth-order valence-electron chi connectivity index (χ4n) is 3.06. The van der Waals surface area contributed by atoms with Crippen molar-refractivity contribution in [3.05, 3.63) is 75.9 Å². The highest BCUT2D eigenvalue weighted by Gasteiger charge is 2.16. The number of benzene rings is 2. The van der Waals surface area contributed by atoms with Crippen LogP contribution in [0, 0.1) is 21.7 Å². The van der Waals surface area contributed by atoms with Crippen LogP contribution >= 0.6 is 0 Å². The van der Waals surface area contributed by atoms with E-state index in [0.29, 0.717) is 25.9 Å². The Balaban J connectivity index is 1.44. The van der Waals surface area contributed by atoms with Crippen molar-refractivity contribution in [2.24, 2.45) is 0 Å². The van der Waals surface area contributed by atoms with Crippen molar-refractivity contribution < 1.29 is 23.3 Å². The van der Waals surface area contributed by atoms with E-state index in [1.807, 2.05) is 0 Å². The Kier molecular flexibility index (Phi) is 6.75. The Labute approximate surface area is 175 Å². The predicted molar refractivity (Wildman–Crippen MR) is 109 cm³/mol. The number of hydrogen-bond acceptors (Lipinski definition) is 5. The van der Waals surface area contributed by atoms with E-state index in [9.17, 15) is 28.5 Å². The Morgan fingerprint density at radius 3 is 2.29 bits per heavy atom. The first-order valence-electron chi connectivity index (χ1n) is 9.32. The number of rotatable bonds is 4. The van der Waals surface area contributed by atoms with Crippen LogP contribution in [0.2, 0.25) is 0 Å². The molecular weight excluding hydrogens is 412 g/mol. The Hall–Kier alpha value is -4.02. The molecule has 0 atom stereocenters. The summed E-state index contributed by atoms with van der Waals surface area (Å²) >= 11 is 0. The number of urea groups is 1. The van der Waals surface area contributed by atoms with Gasteiger partial charge in [0.05, 0.1) is 4.92 Å². The van der Waals surface area contributed by atoms with Crippen LogP contribution in [0.4, 0.5) is 30.6 Å². The van der Waals surface area contributed by atoms with Crippen LogP contribution in [-0.2, 0) is 4.79 Å². The summed E-state index contributed by atoms with van der Waals surface area (Å²) in [4.78, 5) is 36.1. The average molecular weight is 431 g/mol. The average Bonchev–Trinajstić information content (AvgIpc) is 2.75. The number of halogens is 2. The lowest BCUT2D eigenvalue weighted by molar-refractivity contribution is -0.384. The summed E-state index contributed by atoms with van der Waals surface area (Å²) in [6.45, 7) is 1.28. The number of hydrogen-bond donors (Lipinski definition) is 3. The van der Waals surface area contributed by atoms with Gasteiger partial charge in [0.2, 0.25) is 0 Å². The van der Waals surface area contributed by atoms with Crippen molar-refractivity contribution in [3.8, 4) is 0 Å². The highest BCUT2D eigenvalue weighted by Crippen LogP contribution is 2.24. The van der Waals surface area contributed by atoms with Gasteiger partial charge in [-0.1, -0.05) is 5.57 Å². The van der Waals surface area contributed by atoms with Crippen LogP contribution in [0.3, 0.4) is 0 Å². The van der Waals surface area contributed by atoms with Crippen molar-refractivity contribution in [1.29, 1.82) is 0 Å². The van der Waals surface area contributed by atoms with Gasteiger partial charge in [-0.3, -0.25) is 20.3 Å². The van der Waals surface area contributed by atoms with Crippen LogP contribution in [0.25, 0.3) is 0 Å². The zero-order valence-corrected chi connectivity index (χ0v) is 16.2. The molecule has 1 fully saturated rings. The monoisotopic (exact) mass is 431 g/mol. The number of nitrogens with zero attached hydrogens (tertiary/aromatic N) is 2. The molecule has 2 aromatic rings. The third-order valence-electron chi connectivity index (χ3n) is 4.64. The van der Waals surface area contributed by atoms with Crippen molar-refractivity contribution in [2.75, 3.05) is 23.3 Å². The maximum absolute atomic E-state index is 13.1. The third-order valence-corrected chi connectivity index (χ3v) is 4.64. The summed E-state index contributed by atoms with van der Waals surface area (Å²) in [5.74, 6) is -2.67. The van der Waals surface area contributed by atoms with Crippen molar-refractivity contribution in [1.82, 2.24) is 10.9 Å². The molecular formula is C20H19F2N5O4. The minimum absolute atomic E-state index is 0.0270. The molecule has 0 spiro atoms. The van der Waals surface area contributed by atoms with Gasteiger partial charge in [0, 0.05) is 48.7 Å². The number of anilines is 2. The molecule has 9 nitrogen and oxygen atoms in total. The largest absolute Gasteiger partial charge is 0.371 e. The van der Waals surface area contributed by atoms with Gasteiger partial charge in [0.15, 0.2) is 11.6 Å². The second-order valence-corrected chi connectivity index (χ2v) is 6.76. The molecule has 11 heteroatoms. The second-order valence-electron chi connectivity index (χ2n) is 6.76. The van der Waals surface area contributed by atoms with Gasteiger partial charge in [-0.05, 0) is 37.1 Å². The molecule has 0 radical (unpaired) electrons. The van der Waals surface area contributed by atoms with Gasteiger partial charge in [-0.15, -0.1) is 0 Å². The Morgan fingerprint density at radius 2 is 1.68 bits per heavy atom. The summed E-state index contributed by atoms with van der Waals surface area (Å²) < 4.78 is 26.0. The molecule has 0 saturated carbocycles. The van der Waals surface area contributed by atoms with Crippen LogP contribution in [0.15, 0.2) is 54.1 Å². The third kappa shape index (κ3) is 5.98. The number of nitrogens with one attached hydrogen (secondary N) is 3. The minimum Gasteiger partial charge on any atom is -0.371 e. The molecule has 162 valence electrons. The number of hydrazine groups is 1. The Morgan fingerprint density at radius 1 is 1.00 bits per heavy atom. The van der Waals surface area contributed by atoms with E-state index in [-0.39, 0.29) is 11.4 Å². The van der Waals surface area contributed by atoms with Gasteiger partial charge in [-0.25, -0.2) is 19.0 Å². The molecule has 3 N–H and O–H groups in total. The number of non-ortho nitro benzene ring substituents is 1. The second kappa shape index (κ2) is 9.65. The lowest BCUT2D eigenvalue weighted by Crippen LogP contribution is -2.43. The molecule has 1 heterocycles. The summed E-state index contributed by atoms with van der Waals surface area (Å²) in [6, 6.07) is 8.33. The van der Waals surface area contributed by atoms with Gasteiger partial charge >= 0.3 is 6.03 Å². The van der Waals surface area contributed by atoms with Gasteiger partial charge in [0.1, 0.15) is 0 Å².